The summed E-state index contributed by atoms with van der Waals surface area (Å²) in [4.78, 5) is 7.29. The summed E-state index contributed by atoms with van der Waals surface area (Å²) in [5, 5.41) is 3.92. The standard InChI is InChI=1S/C14H20N4O2S/c1-14(4-7-15-8-5-14)10-18-21(19,20)12-9-17-13-11(12)3-2-6-16-13/h2-3,6,9,15,18H,4-5,7-8,10H2,1H3,(H,16,17). The molecule has 1 fully saturated rings. The van der Waals surface area contributed by atoms with Crippen LogP contribution in [-0.4, -0.2) is 38.0 Å². The van der Waals surface area contributed by atoms with Crippen molar-refractivity contribution in [1.29, 1.82) is 0 Å². The van der Waals surface area contributed by atoms with Gasteiger partial charge in [0.15, 0.2) is 0 Å². The highest BCUT2D eigenvalue weighted by Crippen LogP contribution is 2.28. The van der Waals surface area contributed by atoms with Gasteiger partial charge in [-0.25, -0.2) is 18.1 Å². The van der Waals surface area contributed by atoms with Gasteiger partial charge in [-0.2, -0.15) is 0 Å². The normalized spacial score (nSPS) is 18.9. The SMILES string of the molecule is CC1(CNS(=O)(=O)c2c[nH]c3ncccc23)CCNCC1. The summed E-state index contributed by atoms with van der Waals surface area (Å²) in [6.07, 6.45) is 5.10. The fourth-order valence-electron chi connectivity index (χ4n) is 2.71. The van der Waals surface area contributed by atoms with Gasteiger partial charge in [0.25, 0.3) is 0 Å². The Balaban J connectivity index is 1.81. The number of H-pyrrole nitrogens is 1. The molecule has 3 rings (SSSR count). The van der Waals surface area contributed by atoms with E-state index in [0.29, 0.717) is 17.6 Å². The molecule has 0 aliphatic carbocycles. The third kappa shape index (κ3) is 2.95. The maximum atomic E-state index is 12.5. The second-order valence-corrected chi connectivity index (χ2v) is 7.67. The molecule has 1 aliphatic heterocycles. The van der Waals surface area contributed by atoms with Crippen LogP contribution in [0.1, 0.15) is 19.8 Å². The molecule has 2 aromatic rings. The largest absolute Gasteiger partial charge is 0.345 e. The van der Waals surface area contributed by atoms with E-state index in [4.69, 9.17) is 0 Å². The number of pyridine rings is 1. The van der Waals surface area contributed by atoms with Gasteiger partial charge in [0.2, 0.25) is 10.0 Å². The second-order valence-electron chi connectivity index (χ2n) is 5.94. The minimum absolute atomic E-state index is 0.0165. The molecule has 7 heteroatoms. The Morgan fingerprint density at radius 2 is 2.14 bits per heavy atom. The summed E-state index contributed by atoms with van der Waals surface area (Å²) in [6.45, 7) is 4.47. The average Bonchev–Trinajstić information content (AvgIpc) is 2.91. The number of aromatic amines is 1. The van der Waals surface area contributed by atoms with E-state index in [1.54, 1.807) is 18.3 Å². The van der Waals surface area contributed by atoms with Crippen molar-refractivity contribution in [2.45, 2.75) is 24.7 Å². The third-order valence-corrected chi connectivity index (χ3v) is 5.64. The van der Waals surface area contributed by atoms with Crippen LogP contribution in [-0.2, 0) is 10.0 Å². The van der Waals surface area contributed by atoms with Gasteiger partial charge in [0, 0.05) is 24.3 Å². The molecule has 21 heavy (non-hydrogen) atoms. The first-order valence-corrected chi connectivity index (χ1v) is 8.61. The van der Waals surface area contributed by atoms with Gasteiger partial charge in [0.1, 0.15) is 10.5 Å². The lowest BCUT2D eigenvalue weighted by Gasteiger charge is -2.34. The number of sulfonamides is 1. The van der Waals surface area contributed by atoms with E-state index in [1.807, 2.05) is 0 Å². The van der Waals surface area contributed by atoms with Gasteiger partial charge < -0.3 is 10.3 Å². The van der Waals surface area contributed by atoms with Crippen molar-refractivity contribution < 1.29 is 8.42 Å². The first kappa shape index (κ1) is 14.5. The summed E-state index contributed by atoms with van der Waals surface area (Å²) in [5.41, 5.74) is 0.605. The number of nitrogens with one attached hydrogen (secondary N) is 3. The van der Waals surface area contributed by atoms with Crippen molar-refractivity contribution in [1.82, 2.24) is 20.0 Å². The number of fused-ring (bicyclic) bond motifs is 1. The van der Waals surface area contributed by atoms with Crippen LogP contribution in [0.3, 0.4) is 0 Å². The van der Waals surface area contributed by atoms with E-state index in [0.717, 1.165) is 25.9 Å². The van der Waals surface area contributed by atoms with Crippen molar-refractivity contribution in [2.75, 3.05) is 19.6 Å². The maximum Gasteiger partial charge on any atom is 0.242 e. The molecule has 0 unspecified atom stereocenters. The van der Waals surface area contributed by atoms with E-state index >= 15 is 0 Å². The van der Waals surface area contributed by atoms with Gasteiger partial charge in [0.05, 0.1) is 0 Å². The van der Waals surface area contributed by atoms with Gasteiger partial charge in [-0.1, -0.05) is 6.92 Å². The molecule has 0 saturated carbocycles. The molecule has 0 spiro atoms. The molecular formula is C14H20N4O2S. The monoisotopic (exact) mass is 308 g/mol. The number of rotatable bonds is 4. The fourth-order valence-corrected chi connectivity index (χ4v) is 4.07. The van der Waals surface area contributed by atoms with Gasteiger partial charge in [-0.05, 0) is 43.5 Å². The van der Waals surface area contributed by atoms with Gasteiger partial charge in [-0.15, -0.1) is 0 Å². The van der Waals surface area contributed by atoms with Crippen LogP contribution < -0.4 is 10.0 Å². The van der Waals surface area contributed by atoms with Crippen LogP contribution in [0.4, 0.5) is 0 Å². The molecule has 0 bridgehead atoms. The maximum absolute atomic E-state index is 12.5. The number of hydrogen-bond acceptors (Lipinski definition) is 4. The summed E-state index contributed by atoms with van der Waals surface area (Å²) < 4.78 is 27.8. The molecule has 1 aliphatic rings. The quantitative estimate of drug-likeness (QED) is 0.793. The number of piperidine rings is 1. The summed E-state index contributed by atoms with van der Waals surface area (Å²) in [7, 11) is -3.52. The lowest BCUT2D eigenvalue weighted by Crippen LogP contribution is -2.42. The predicted molar refractivity (Wildman–Crippen MR) is 81.5 cm³/mol. The zero-order valence-corrected chi connectivity index (χ0v) is 12.8. The molecule has 0 aromatic carbocycles. The van der Waals surface area contributed by atoms with E-state index in [1.165, 1.54) is 6.20 Å². The Labute approximate surface area is 124 Å². The van der Waals surface area contributed by atoms with Crippen molar-refractivity contribution in [3.63, 3.8) is 0 Å². The Bertz CT molecular complexity index is 732. The van der Waals surface area contributed by atoms with Crippen LogP contribution in [0.25, 0.3) is 11.0 Å². The summed E-state index contributed by atoms with van der Waals surface area (Å²) in [6, 6.07) is 3.50. The Morgan fingerprint density at radius 3 is 2.90 bits per heavy atom. The third-order valence-electron chi connectivity index (χ3n) is 4.20. The number of hydrogen-bond donors (Lipinski definition) is 3. The molecule has 0 radical (unpaired) electrons. The zero-order valence-electron chi connectivity index (χ0n) is 12.0. The van der Waals surface area contributed by atoms with E-state index in [-0.39, 0.29) is 10.3 Å². The van der Waals surface area contributed by atoms with Crippen LogP contribution in [0.5, 0.6) is 0 Å². The summed E-state index contributed by atoms with van der Waals surface area (Å²) >= 11 is 0. The highest BCUT2D eigenvalue weighted by molar-refractivity contribution is 7.89. The average molecular weight is 308 g/mol. The van der Waals surface area contributed by atoms with Crippen LogP contribution in [0.15, 0.2) is 29.4 Å². The predicted octanol–water partition coefficient (Wildman–Crippen LogP) is 1.23. The van der Waals surface area contributed by atoms with Crippen molar-refractivity contribution >= 4 is 21.1 Å². The fraction of sp³-hybridized carbons (Fsp3) is 0.500. The van der Waals surface area contributed by atoms with Crippen LogP contribution in [0, 0.1) is 5.41 Å². The first-order valence-electron chi connectivity index (χ1n) is 7.13. The van der Waals surface area contributed by atoms with Gasteiger partial charge >= 0.3 is 0 Å². The molecule has 3 N–H and O–H groups in total. The minimum atomic E-state index is -3.52. The molecule has 0 atom stereocenters. The molecule has 114 valence electrons. The molecule has 1 saturated heterocycles. The topological polar surface area (TPSA) is 86.9 Å². The summed E-state index contributed by atoms with van der Waals surface area (Å²) in [5.74, 6) is 0. The van der Waals surface area contributed by atoms with Gasteiger partial charge in [-0.3, -0.25) is 0 Å². The molecule has 6 nitrogen and oxygen atoms in total. The molecule has 3 heterocycles. The molecule has 2 aromatic heterocycles. The lowest BCUT2D eigenvalue weighted by molar-refractivity contribution is 0.232. The second kappa shape index (κ2) is 5.40. The van der Waals surface area contributed by atoms with Crippen molar-refractivity contribution in [2.24, 2.45) is 5.41 Å². The highest BCUT2D eigenvalue weighted by Gasteiger charge is 2.29. The van der Waals surface area contributed by atoms with Crippen LogP contribution >= 0.6 is 0 Å². The van der Waals surface area contributed by atoms with Crippen molar-refractivity contribution in [3.8, 4) is 0 Å². The molecular weight excluding hydrogens is 288 g/mol. The molecule has 0 amide bonds. The van der Waals surface area contributed by atoms with E-state index in [9.17, 15) is 8.42 Å². The highest BCUT2D eigenvalue weighted by atomic mass is 32.2. The Kier molecular flexibility index (Phi) is 3.73. The van der Waals surface area contributed by atoms with E-state index < -0.39 is 10.0 Å². The Morgan fingerprint density at radius 1 is 1.38 bits per heavy atom. The van der Waals surface area contributed by atoms with Crippen LogP contribution in [0.2, 0.25) is 0 Å². The Hall–Kier alpha value is -1.44. The number of aromatic nitrogens is 2. The zero-order chi connectivity index (χ0) is 14.9. The minimum Gasteiger partial charge on any atom is -0.345 e. The van der Waals surface area contributed by atoms with Crippen molar-refractivity contribution in [3.05, 3.63) is 24.5 Å². The van der Waals surface area contributed by atoms with E-state index in [2.05, 4.69) is 26.9 Å². The number of nitrogens with zero attached hydrogens (tertiary/aromatic N) is 1. The smallest absolute Gasteiger partial charge is 0.242 e. The first-order chi connectivity index (χ1) is 10.0. The lowest BCUT2D eigenvalue weighted by atomic mass is 9.81.